The molecule has 2 aromatic carbocycles. The highest BCUT2D eigenvalue weighted by Crippen LogP contribution is 2.41. The van der Waals surface area contributed by atoms with Crippen molar-refractivity contribution >= 4 is 27.3 Å². The summed E-state index contributed by atoms with van der Waals surface area (Å²) in [5.74, 6) is 0.00614. The van der Waals surface area contributed by atoms with E-state index in [0.29, 0.717) is 34.7 Å². The monoisotopic (exact) mass is 403 g/mol. The molecule has 0 saturated heterocycles. The molecule has 1 atom stereocenters. The lowest BCUT2D eigenvalue weighted by molar-refractivity contribution is -0.130. The van der Waals surface area contributed by atoms with Gasteiger partial charge in [-0.1, -0.05) is 24.3 Å². The zero-order valence-corrected chi connectivity index (χ0v) is 16.5. The number of nitrogens with one attached hydrogen (secondary N) is 1. The molecule has 0 spiro atoms. The van der Waals surface area contributed by atoms with Gasteiger partial charge in [0.1, 0.15) is 0 Å². The molecule has 9 heteroatoms. The van der Waals surface area contributed by atoms with E-state index in [4.69, 9.17) is 4.74 Å². The van der Waals surface area contributed by atoms with E-state index in [1.165, 1.54) is 19.0 Å². The Bertz CT molecular complexity index is 1050. The number of phenols is 1. The van der Waals surface area contributed by atoms with Crippen LogP contribution in [0.5, 0.6) is 11.5 Å². The second-order valence-corrected chi connectivity index (χ2v) is 8.23. The first-order chi connectivity index (χ1) is 13.2. The molecule has 0 aromatic heterocycles. The summed E-state index contributed by atoms with van der Waals surface area (Å²) >= 11 is 0. The van der Waals surface area contributed by atoms with Gasteiger partial charge in [0.2, 0.25) is 15.9 Å². The van der Waals surface area contributed by atoms with Crippen LogP contribution in [0.2, 0.25) is 0 Å². The lowest BCUT2D eigenvalue weighted by Gasteiger charge is -2.22. The van der Waals surface area contributed by atoms with Gasteiger partial charge in [-0.15, -0.1) is 0 Å². The predicted molar refractivity (Wildman–Crippen MR) is 106 cm³/mol. The number of anilines is 1. The van der Waals surface area contributed by atoms with Crippen molar-refractivity contribution in [1.29, 1.82) is 0 Å². The van der Waals surface area contributed by atoms with Gasteiger partial charge >= 0.3 is 0 Å². The maximum Gasteiger partial charge on any atom is 0.240 e. The van der Waals surface area contributed by atoms with Crippen molar-refractivity contribution in [3.8, 4) is 11.5 Å². The minimum Gasteiger partial charge on any atom is -0.504 e. The van der Waals surface area contributed by atoms with E-state index in [1.54, 1.807) is 42.5 Å². The van der Waals surface area contributed by atoms with Gasteiger partial charge < -0.3 is 9.84 Å². The van der Waals surface area contributed by atoms with Gasteiger partial charge in [0.05, 0.1) is 25.1 Å². The highest BCUT2D eigenvalue weighted by atomic mass is 32.2. The third kappa shape index (κ3) is 4.09. The van der Waals surface area contributed by atoms with Crippen LogP contribution < -0.4 is 9.46 Å². The molecule has 8 nitrogen and oxygen atoms in total. The first-order valence-electron chi connectivity index (χ1n) is 8.51. The molecule has 3 rings (SSSR count). The summed E-state index contributed by atoms with van der Waals surface area (Å²) in [6.45, 7) is 1.40. The van der Waals surface area contributed by atoms with Crippen LogP contribution in [0.25, 0.3) is 0 Å². The Labute approximate surface area is 163 Å². The average Bonchev–Trinajstić information content (AvgIpc) is 3.06. The van der Waals surface area contributed by atoms with E-state index < -0.39 is 16.1 Å². The van der Waals surface area contributed by atoms with Crippen molar-refractivity contribution in [3.05, 3.63) is 53.6 Å². The molecular formula is C19H21N3O5S. The number of carbonyl (C=O) groups is 1. The molecular weight excluding hydrogens is 382 g/mol. The van der Waals surface area contributed by atoms with Crippen molar-refractivity contribution < 1.29 is 23.1 Å². The molecule has 1 heterocycles. The van der Waals surface area contributed by atoms with E-state index in [0.717, 1.165) is 6.26 Å². The number of aromatic hydroxyl groups is 1. The summed E-state index contributed by atoms with van der Waals surface area (Å²) in [5.41, 5.74) is 2.23. The van der Waals surface area contributed by atoms with Crippen molar-refractivity contribution in [3.63, 3.8) is 0 Å². The van der Waals surface area contributed by atoms with Crippen LogP contribution >= 0.6 is 0 Å². The SMILES string of the molecule is COc1cccc(C2CC(c3cccc(NS(C)(=O)=O)c3)=NN2C(C)=O)c1O. The summed E-state index contributed by atoms with van der Waals surface area (Å²) in [6.07, 6.45) is 1.44. The fraction of sp³-hybridized carbons (Fsp3) is 0.263. The normalized spacial score (nSPS) is 16.6. The van der Waals surface area contributed by atoms with Crippen LogP contribution in [0, 0.1) is 0 Å². The molecule has 148 valence electrons. The first-order valence-corrected chi connectivity index (χ1v) is 10.4. The van der Waals surface area contributed by atoms with E-state index in [2.05, 4.69) is 9.82 Å². The Morgan fingerprint density at radius 2 is 2.00 bits per heavy atom. The second-order valence-electron chi connectivity index (χ2n) is 6.48. The van der Waals surface area contributed by atoms with Crippen molar-refractivity contribution in [2.24, 2.45) is 5.10 Å². The van der Waals surface area contributed by atoms with Gasteiger partial charge in [-0.05, 0) is 23.8 Å². The van der Waals surface area contributed by atoms with Gasteiger partial charge in [0, 0.05) is 24.6 Å². The van der Waals surface area contributed by atoms with Gasteiger partial charge in [-0.3, -0.25) is 9.52 Å². The number of amides is 1. The standard InChI is InChI=1S/C19H21N3O5S/c1-12(23)22-17(15-8-5-9-18(27-2)19(15)24)11-16(20-22)13-6-4-7-14(10-13)21-28(3,25)26/h4-10,17,21,24H,11H2,1-3H3. The molecule has 2 N–H and O–H groups in total. The molecule has 1 amide bonds. The van der Waals surface area contributed by atoms with Crippen LogP contribution in [-0.2, 0) is 14.8 Å². The predicted octanol–water partition coefficient (Wildman–Crippen LogP) is 2.47. The number of sulfonamides is 1. The largest absolute Gasteiger partial charge is 0.504 e. The Kier molecular flexibility index (Phi) is 5.28. The fourth-order valence-corrected chi connectivity index (χ4v) is 3.72. The topological polar surface area (TPSA) is 108 Å². The summed E-state index contributed by atoms with van der Waals surface area (Å²) in [5, 5.41) is 16.2. The molecule has 0 bridgehead atoms. The highest BCUT2D eigenvalue weighted by Gasteiger charge is 2.33. The Morgan fingerprint density at radius 3 is 2.64 bits per heavy atom. The number of methoxy groups -OCH3 is 1. The third-order valence-electron chi connectivity index (χ3n) is 4.34. The number of para-hydroxylation sites is 1. The van der Waals surface area contributed by atoms with Gasteiger partial charge in [-0.25, -0.2) is 13.4 Å². The van der Waals surface area contributed by atoms with Crippen molar-refractivity contribution in [2.75, 3.05) is 18.1 Å². The van der Waals surface area contributed by atoms with Crippen LogP contribution in [0.15, 0.2) is 47.6 Å². The lowest BCUT2D eigenvalue weighted by atomic mass is 9.97. The lowest BCUT2D eigenvalue weighted by Crippen LogP contribution is -2.24. The number of ether oxygens (including phenoxy) is 1. The summed E-state index contributed by atoms with van der Waals surface area (Å²) in [4.78, 5) is 12.1. The summed E-state index contributed by atoms with van der Waals surface area (Å²) < 4.78 is 30.5. The molecule has 0 aliphatic carbocycles. The number of carbonyl (C=O) groups excluding carboxylic acids is 1. The van der Waals surface area contributed by atoms with Crippen LogP contribution in [-0.4, -0.2) is 43.5 Å². The number of hydrazone groups is 1. The molecule has 1 aliphatic rings. The van der Waals surface area contributed by atoms with E-state index >= 15 is 0 Å². The minimum atomic E-state index is -3.41. The molecule has 2 aromatic rings. The molecule has 0 fully saturated rings. The molecule has 0 saturated carbocycles. The molecule has 1 unspecified atom stereocenters. The number of hydrogen-bond donors (Lipinski definition) is 2. The van der Waals surface area contributed by atoms with Gasteiger partial charge in [0.25, 0.3) is 0 Å². The zero-order chi connectivity index (χ0) is 20.5. The fourth-order valence-electron chi connectivity index (χ4n) is 3.17. The number of phenolic OH excluding ortho intramolecular Hbond substituents is 1. The maximum absolute atomic E-state index is 12.1. The van der Waals surface area contributed by atoms with Crippen LogP contribution in [0.4, 0.5) is 5.69 Å². The molecule has 28 heavy (non-hydrogen) atoms. The number of nitrogens with zero attached hydrogens (tertiary/aromatic N) is 2. The zero-order valence-electron chi connectivity index (χ0n) is 15.7. The molecule has 1 aliphatic heterocycles. The Morgan fingerprint density at radius 1 is 1.29 bits per heavy atom. The van der Waals surface area contributed by atoms with Crippen LogP contribution in [0.1, 0.15) is 30.5 Å². The number of hydrogen-bond acceptors (Lipinski definition) is 6. The number of benzene rings is 2. The first kappa shape index (κ1) is 19.7. The van der Waals surface area contributed by atoms with E-state index in [1.807, 2.05) is 0 Å². The third-order valence-corrected chi connectivity index (χ3v) is 4.95. The highest BCUT2D eigenvalue weighted by molar-refractivity contribution is 7.92. The van der Waals surface area contributed by atoms with Gasteiger partial charge in [0.15, 0.2) is 11.5 Å². The smallest absolute Gasteiger partial charge is 0.240 e. The molecule has 0 radical (unpaired) electrons. The minimum absolute atomic E-state index is 0.0369. The van der Waals surface area contributed by atoms with E-state index in [9.17, 15) is 18.3 Å². The van der Waals surface area contributed by atoms with Crippen molar-refractivity contribution in [1.82, 2.24) is 5.01 Å². The quantitative estimate of drug-likeness (QED) is 0.797. The second kappa shape index (κ2) is 7.51. The Hall–Kier alpha value is -3.07. The van der Waals surface area contributed by atoms with Crippen LogP contribution in [0.3, 0.4) is 0 Å². The van der Waals surface area contributed by atoms with E-state index in [-0.39, 0.29) is 11.7 Å². The average molecular weight is 403 g/mol. The van der Waals surface area contributed by atoms with Gasteiger partial charge in [-0.2, -0.15) is 5.10 Å². The van der Waals surface area contributed by atoms with Crippen molar-refractivity contribution in [2.45, 2.75) is 19.4 Å². The number of rotatable bonds is 5. The summed E-state index contributed by atoms with van der Waals surface area (Å²) in [7, 11) is -1.95. The summed E-state index contributed by atoms with van der Waals surface area (Å²) in [6, 6.07) is 11.4. The Balaban J connectivity index is 1.97. The maximum atomic E-state index is 12.1.